The van der Waals surface area contributed by atoms with E-state index in [9.17, 15) is 5.11 Å². The molecule has 2 N–H and O–H groups in total. The summed E-state index contributed by atoms with van der Waals surface area (Å²) in [6, 6.07) is 8.07. The molecule has 0 unspecified atom stereocenters. The molecule has 1 fully saturated rings. The molecule has 88 valence electrons. The molecule has 4 heteroatoms. The van der Waals surface area contributed by atoms with Crippen LogP contribution in [0.25, 0.3) is 10.8 Å². The minimum atomic E-state index is -0.160. The van der Waals surface area contributed by atoms with Gasteiger partial charge >= 0.3 is 0 Å². The normalized spacial score (nSPS) is 17.1. The van der Waals surface area contributed by atoms with E-state index in [0.29, 0.717) is 0 Å². The van der Waals surface area contributed by atoms with Crippen LogP contribution < -0.4 is 5.32 Å². The van der Waals surface area contributed by atoms with Gasteiger partial charge in [0.25, 0.3) is 0 Å². The Morgan fingerprint density at radius 1 is 1.24 bits per heavy atom. The van der Waals surface area contributed by atoms with Crippen LogP contribution in [0.4, 0.5) is 5.82 Å². The molecular weight excluding hydrogens is 214 g/mol. The zero-order valence-electron chi connectivity index (χ0n) is 9.77. The highest BCUT2D eigenvalue weighted by Crippen LogP contribution is 2.39. The van der Waals surface area contributed by atoms with Gasteiger partial charge in [-0.25, -0.2) is 0 Å². The maximum atomic E-state index is 9.33. The van der Waals surface area contributed by atoms with Gasteiger partial charge in [-0.15, -0.1) is 5.10 Å². The summed E-state index contributed by atoms with van der Waals surface area (Å²) in [6.45, 7) is 2.11. The van der Waals surface area contributed by atoms with Crippen molar-refractivity contribution in [2.75, 3.05) is 11.9 Å². The molecule has 1 saturated carbocycles. The number of fused-ring (bicyclic) bond motifs is 1. The van der Waals surface area contributed by atoms with Crippen molar-refractivity contribution in [2.45, 2.75) is 25.3 Å². The van der Waals surface area contributed by atoms with E-state index in [2.05, 4.69) is 15.5 Å². The Balaban J connectivity index is 2.08. The summed E-state index contributed by atoms with van der Waals surface area (Å²) in [6.07, 6.45) is 1.99. The molecule has 0 bridgehead atoms. The van der Waals surface area contributed by atoms with Crippen LogP contribution in [0.1, 0.15) is 18.5 Å². The fourth-order valence-electron chi connectivity index (χ4n) is 2.05. The Morgan fingerprint density at radius 3 is 2.59 bits per heavy atom. The molecule has 1 aromatic carbocycles. The third kappa shape index (κ3) is 1.74. The Hall–Kier alpha value is -1.68. The number of aliphatic hydroxyl groups is 1. The predicted octanol–water partition coefficient (Wildman–Crippen LogP) is 1.88. The summed E-state index contributed by atoms with van der Waals surface area (Å²) in [7, 11) is 0. The van der Waals surface area contributed by atoms with E-state index in [-0.39, 0.29) is 12.1 Å². The SMILES string of the molecule is Cc1nnc(NC2(CO)CC2)c2ccccc12. The van der Waals surface area contributed by atoms with Crippen LogP contribution in [-0.4, -0.2) is 27.4 Å². The van der Waals surface area contributed by atoms with Gasteiger partial charge in [-0.05, 0) is 19.8 Å². The number of aryl methyl sites for hydroxylation is 1. The van der Waals surface area contributed by atoms with Gasteiger partial charge in [0, 0.05) is 10.8 Å². The van der Waals surface area contributed by atoms with Crippen molar-refractivity contribution in [1.82, 2.24) is 10.2 Å². The molecule has 1 aliphatic rings. The fourth-order valence-corrected chi connectivity index (χ4v) is 2.05. The number of benzene rings is 1. The Morgan fingerprint density at radius 2 is 1.94 bits per heavy atom. The highest BCUT2D eigenvalue weighted by molar-refractivity contribution is 5.93. The van der Waals surface area contributed by atoms with Crippen molar-refractivity contribution in [3.05, 3.63) is 30.0 Å². The standard InChI is InChI=1S/C13H15N3O/c1-9-10-4-2-3-5-11(10)12(16-15-9)14-13(8-17)6-7-13/h2-5,17H,6-8H2,1H3,(H,14,16). The van der Waals surface area contributed by atoms with Gasteiger partial charge < -0.3 is 10.4 Å². The van der Waals surface area contributed by atoms with Gasteiger partial charge in [0.05, 0.1) is 17.8 Å². The average Bonchev–Trinajstić information content (AvgIpc) is 3.14. The van der Waals surface area contributed by atoms with Gasteiger partial charge in [0.1, 0.15) is 0 Å². The van der Waals surface area contributed by atoms with Gasteiger partial charge in [-0.1, -0.05) is 24.3 Å². The van der Waals surface area contributed by atoms with Gasteiger partial charge in [-0.2, -0.15) is 5.10 Å². The van der Waals surface area contributed by atoms with E-state index >= 15 is 0 Å². The van der Waals surface area contributed by atoms with Crippen molar-refractivity contribution in [2.24, 2.45) is 0 Å². The lowest BCUT2D eigenvalue weighted by atomic mass is 10.1. The number of nitrogens with one attached hydrogen (secondary N) is 1. The number of hydrogen-bond donors (Lipinski definition) is 2. The first kappa shape index (κ1) is 10.5. The Kier molecular flexibility index (Phi) is 2.26. The van der Waals surface area contributed by atoms with Crippen LogP contribution in [-0.2, 0) is 0 Å². The predicted molar refractivity (Wildman–Crippen MR) is 66.9 cm³/mol. The first-order chi connectivity index (χ1) is 8.24. The Labute approximate surface area is 99.7 Å². The number of hydrogen-bond acceptors (Lipinski definition) is 4. The highest BCUT2D eigenvalue weighted by Gasteiger charge is 2.42. The number of aliphatic hydroxyl groups excluding tert-OH is 1. The summed E-state index contributed by atoms with van der Waals surface area (Å²) in [5.41, 5.74) is 0.771. The lowest BCUT2D eigenvalue weighted by Gasteiger charge is -2.16. The molecule has 3 rings (SSSR count). The van der Waals surface area contributed by atoms with Crippen LogP contribution in [0.5, 0.6) is 0 Å². The molecule has 0 aliphatic heterocycles. The van der Waals surface area contributed by atoms with E-state index in [4.69, 9.17) is 0 Å². The van der Waals surface area contributed by atoms with Gasteiger partial charge in [0.2, 0.25) is 0 Å². The maximum absolute atomic E-state index is 9.33. The van der Waals surface area contributed by atoms with Crippen molar-refractivity contribution in [3.63, 3.8) is 0 Å². The monoisotopic (exact) mass is 229 g/mol. The summed E-state index contributed by atoms with van der Waals surface area (Å²) in [5.74, 6) is 0.776. The second-order valence-corrected chi connectivity index (χ2v) is 4.74. The molecule has 1 aliphatic carbocycles. The number of anilines is 1. The topological polar surface area (TPSA) is 58.0 Å². The summed E-state index contributed by atoms with van der Waals surface area (Å²) >= 11 is 0. The average molecular weight is 229 g/mol. The van der Waals surface area contributed by atoms with Crippen molar-refractivity contribution in [1.29, 1.82) is 0 Å². The molecule has 0 saturated heterocycles. The molecular formula is C13H15N3O. The van der Waals surface area contributed by atoms with Crippen LogP contribution in [0.2, 0.25) is 0 Å². The summed E-state index contributed by atoms with van der Waals surface area (Å²) in [5, 5.41) is 23.2. The number of rotatable bonds is 3. The van der Waals surface area contributed by atoms with Crippen molar-refractivity contribution in [3.8, 4) is 0 Å². The Bertz CT molecular complexity index is 564. The van der Waals surface area contributed by atoms with Crippen LogP contribution in [0.3, 0.4) is 0 Å². The number of aromatic nitrogens is 2. The minimum absolute atomic E-state index is 0.150. The first-order valence-corrected chi connectivity index (χ1v) is 5.85. The van der Waals surface area contributed by atoms with Crippen LogP contribution in [0.15, 0.2) is 24.3 Å². The van der Waals surface area contributed by atoms with Crippen molar-refractivity contribution < 1.29 is 5.11 Å². The van der Waals surface area contributed by atoms with E-state index in [0.717, 1.165) is 35.1 Å². The zero-order valence-corrected chi connectivity index (χ0v) is 9.77. The molecule has 0 amide bonds. The molecule has 17 heavy (non-hydrogen) atoms. The molecule has 1 heterocycles. The van der Waals surface area contributed by atoms with E-state index in [1.807, 2.05) is 31.2 Å². The quantitative estimate of drug-likeness (QED) is 0.843. The fraction of sp³-hybridized carbons (Fsp3) is 0.385. The first-order valence-electron chi connectivity index (χ1n) is 5.85. The molecule has 2 aromatic rings. The summed E-state index contributed by atoms with van der Waals surface area (Å²) < 4.78 is 0. The van der Waals surface area contributed by atoms with E-state index < -0.39 is 0 Å². The largest absolute Gasteiger partial charge is 0.394 e. The second-order valence-electron chi connectivity index (χ2n) is 4.74. The van der Waals surface area contributed by atoms with Crippen molar-refractivity contribution >= 4 is 16.6 Å². The van der Waals surface area contributed by atoms with Crippen LogP contribution in [0, 0.1) is 6.92 Å². The molecule has 0 spiro atoms. The minimum Gasteiger partial charge on any atom is -0.394 e. The molecule has 0 radical (unpaired) electrons. The molecule has 4 nitrogen and oxygen atoms in total. The molecule has 0 atom stereocenters. The zero-order chi connectivity index (χ0) is 11.9. The smallest absolute Gasteiger partial charge is 0.157 e. The summed E-state index contributed by atoms with van der Waals surface area (Å²) in [4.78, 5) is 0. The lowest BCUT2D eigenvalue weighted by molar-refractivity contribution is 0.266. The van der Waals surface area contributed by atoms with Gasteiger partial charge in [0.15, 0.2) is 5.82 Å². The third-order valence-corrected chi connectivity index (χ3v) is 3.41. The maximum Gasteiger partial charge on any atom is 0.157 e. The van der Waals surface area contributed by atoms with Crippen LogP contribution >= 0.6 is 0 Å². The highest BCUT2D eigenvalue weighted by atomic mass is 16.3. The lowest BCUT2D eigenvalue weighted by Crippen LogP contribution is -2.26. The second kappa shape index (κ2) is 3.67. The third-order valence-electron chi connectivity index (χ3n) is 3.41. The van der Waals surface area contributed by atoms with E-state index in [1.165, 1.54) is 0 Å². The van der Waals surface area contributed by atoms with E-state index in [1.54, 1.807) is 0 Å². The molecule has 1 aromatic heterocycles. The van der Waals surface area contributed by atoms with Gasteiger partial charge in [-0.3, -0.25) is 0 Å². The number of nitrogens with zero attached hydrogens (tertiary/aromatic N) is 2.